The summed E-state index contributed by atoms with van der Waals surface area (Å²) in [7, 11) is 0. The summed E-state index contributed by atoms with van der Waals surface area (Å²) in [6.45, 7) is 9.80. The molecule has 0 spiro atoms. The first-order valence-corrected chi connectivity index (χ1v) is 6.41. The van der Waals surface area contributed by atoms with Gasteiger partial charge in [0.1, 0.15) is 5.75 Å². The third-order valence-electron chi connectivity index (χ3n) is 2.71. The van der Waals surface area contributed by atoms with Gasteiger partial charge in [-0.2, -0.15) is 0 Å². The average Bonchev–Trinajstić information content (AvgIpc) is 2.30. The fourth-order valence-electron chi connectivity index (χ4n) is 1.25. The van der Waals surface area contributed by atoms with Crippen molar-refractivity contribution in [1.29, 1.82) is 0 Å². The first-order chi connectivity index (χ1) is 8.32. The van der Waals surface area contributed by atoms with Crippen LogP contribution in [-0.2, 0) is 4.79 Å². The monoisotopic (exact) mass is 249 g/mol. The molecule has 1 unspecified atom stereocenters. The van der Waals surface area contributed by atoms with Crippen LogP contribution < -0.4 is 10.1 Å². The fraction of sp³-hybridized carbons (Fsp3) is 0.533. The van der Waals surface area contributed by atoms with E-state index in [1.54, 1.807) is 0 Å². The Labute approximate surface area is 110 Å². The Morgan fingerprint density at radius 1 is 1.28 bits per heavy atom. The van der Waals surface area contributed by atoms with E-state index in [0.717, 1.165) is 17.9 Å². The fourth-order valence-corrected chi connectivity index (χ4v) is 1.25. The molecule has 0 aliphatic carbocycles. The highest BCUT2D eigenvalue weighted by Crippen LogP contribution is 2.20. The van der Waals surface area contributed by atoms with E-state index in [0.29, 0.717) is 0 Å². The molecule has 18 heavy (non-hydrogen) atoms. The standard InChI is InChI=1S/C15H23NO2/c1-6-11(2)18-13-9-7-12(8-10-13)16-14(17)15(3,4)5/h7-11H,6H2,1-5H3,(H,16,17). The van der Waals surface area contributed by atoms with Crippen molar-refractivity contribution in [3.63, 3.8) is 0 Å². The van der Waals surface area contributed by atoms with Gasteiger partial charge in [-0.1, -0.05) is 27.7 Å². The van der Waals surface area contributed by atoms with Gasteiger partial charge in [-0.15, -0.1) is 0 Å². The molecular formula is C15H23NO2. The number of carbonyl (C=O) groups excluding carboxylic acids is 1. The highest BCUT2D eigenvalue weighted by molar-refractivity contribution is 5.94. The first kappa shape index (κ1) is 14.6. The number of amides is 1. The summed E-state index contributed by atoms with van der Waals surface area (Å²) in [5, 5.41) is 2.88. The van der Waals surface area contributed by atoms with Crippen molar-refractivity contribution in [2.75, 3.05) is 5.32 Å². The molecule has 0 saturated carbocycles. The largest absolute Gasteiger partial charge is 0.491 e. The lowest BCUT2D eigenvalue weighted by molar-refractivity contribution is -0.123. The number of rotatable bonds is 4. The quantitative estimate of drug-likeness (QED) is 0.880. The van der Waals surface area contributed by atoms with Gasteiger partial charge in [0.15, 0.2) is 0 Å². The molecule has 3 nitrogen and oxygen atoms in total. The highest BCUT2D eigenvalue weighted by Gasteiger charge is 2.20. The molecule has 1 atom stereocenters. The van der Waals surface area contributed by atoms with Crippen LogP contribution in [-0.4, -0.2) is 12.0 Å². The number of anilines is 1. The molecule has 0 aliphatic heterocycles. The number of hydrogen-bond acceptors (Lipinski definition) is 2. The van der Waals surface area contributed by atoms with Gasteiger partial charge in [-0.05, 0) is 37.6 Å². The molecule has 1 aromatic rings. The molecule has 0 radical (unpaired) electrons. The lowest BCUT2D eigenvalue weighted by Gasteiger charge is -2.18. The average molecular weight is 249 g/mol. The van der Waals surface area contributed by atoms with E-state index in [-0.39, 0.29) is 17.4 Å². The second-order valence-electron chi connectivity index (χ2n) is 5.57. The van der Waals surface area contributed by atoms with Crippen LogP contribution in [0.5, 0.6) is 5.75 Å². The van der Waals surface area contributed by atoms with Crippen molar-refractivity contribution >= 4 is 11.6 Å². The molecule has 1 aromatic carbocycles. The van der Waals surface area contributed by atoms with E-state index >= 15 is 0 Å². The minimum Gasteiger partial charge on any atom is -0.491 e. The Kier molecular flexibility index (Phi) is 4.76. The van der Waals surface area contributed by atoms with Gasteiger partial charge in [0.25, 0.3) is 0 Å². The Bertz CT molecular complexity index is 390. The van der Waals surface area contributed by atoms with Crippen LogP contribution in [0.1, 0.15) is 41.0 Å². The number of carbonyl (C=O) groups is 1. The van der Waals surface area contributed by atoms with Gasteiger partial charge in [-0.3, -0.25) is 4.79 Å². The molecule has 0 aromatic heterocycles. The summed E-state index contributed by atoms with van der Waals surface area (Å²) < 4.78 is 5.68. The maximum atomic E-state index is 11.8. The topological polar surface area (TPSA) is 38.3 Å². The molecule has 1 rings (SSSR count). The molecule has 100 valence electrons. The van der Waals surface area contributed by atoms with Crippen LogP contribution in [0.25, 0.3) is 0 Å². The number of nitrogens with one attached hydrogen (secondary N) is 1. The molecular weight excluding hydrogens is 226 g/mol. The molecule has 0 saturated heterocycles. The van der Waals surface area contributed by atoms with Gasteiger partial charge in [0.2, 0.25) is 5.91 Å². The zero-order valence-corrected chi connectivity index (χ0v) is 11.9. The maximum absolute atomic E-state index is 11.8. The van der Waals surface area contributed by atoms with Crippen LogP contribution in [0.2, 0.25) is 0 Å². The van der Waals surface area contributed by atoms with Gasteiger partial charge in [0, 0.05) is 11.1 Å². The third-order valence-corrected chi connectivity index (χ3v) is 2.71. The number of ether oxygens (including phenoxy) is 1. The van der Waals surface area contributed by atoms with Crippen LogP contribution in [0.15, 0.2) is 24.3 Å². The number of benzene rings is 1. The van der Waals surface area contributed by atoms with Crippen LogP contribution in [0.3, 0.4) is 0 Å². The van der Waals surface area contributed by atoms with Crippen LogP contribution >= 0.6 is 0 Å². The number of hydrogen-bond donors (Lipinski definition) is 1. The Hall–Kier alpha value is -1.51. The maximum Gasteiger partial charge on any atom is 0.229 e. The summed E-state index contributed by atoms with van der Waals surface area (Å²) in [5.41, 5.74) is 0.415. The molecule has 0 bridgehead atoms. The minimum atomic E-state index is -0.383. The van der Waals surface area contributed by atoms with Crippen LogP contribution in [0, 0.1) is 5.41 Å². The molecule has 0 heterocycles. The summed E-state index contributed by atoms with van der Waals surface area (Å²) in [5.74, 6) is 0.844. The van der Waals surface area contributed by atoms with E-state index in [9.17, 15) is 4.79 Å². The third kappa shape index (κ3) is 4.40. The zero-order valence-electron chi connectivity index (χ0n) is 11.9. The smallest absolute Gasteiger partial charge is 0.229 e. The van der Waals surface area contributed by atoms with E-state index in [1.807, 2.05) is 52.0 Å². The Morgan fingerprint density at radius 3 is 2.28 bits per heavy atom. The van der Waals surface area contributed by atoms with E-state index < -0.39 is 0 Å². The summed E-state index contributed by atoms with van der Waals surface area (Å²) in [6, 6.07) is 7.48. The second kappa shape index (κ2) is 5.89. The molecule has 0 aliphatic rings. The lowest BCUT2D eigenvalue weighted by Crippen LogP contribution is -2.27. The van der Waals surface area contributed by atoms with Gasteiger partial charge in [0.05, 0.1) is 6.10 Å². The summed E-state index contributed by atoms with van der Waals surface area (Å²) in [4.78, 5) is 11.8. The van der Waals surface area contributed by atoms with Crippen LogP contribution in [0.4, 0.5) is 5.69 Å². The molecule has 1 amide bonds. The van der Waals surface area contributed by atoms with Crippen molar-refractivity contribution in [1.82, 2.24) is 0 Å². The Morgan fingerprint density at radius 2 is 1.83 bits per heavy atom. The normalized spacial score (nSPS) is 12.9. The van der Waals surface area contributed by atoms with Crippen molar-refractivity contribution in [3.8, 4) is 5.75 Å². The van der Waals surface area contributed by atoms with E-state index in [1.165, 1.54) is 0 Å². The second-order valence-corrected chi connectivity index (χ2v) is 5.57. The van der Waals surface area contributed by atoms with E-state index in [2.05, 4.69) is 12.2 Å². The predicted octanol–water partition coefficient (Wildman–Crippen LogP) is 3.85. The van der Waals surface area contributed by atoms with E-state index in [4.69, 9.17) is 4.74 Å². The lowest BCUT2D eigenvalue weighted by atomic mass is 9.95. The highest BCUT2D eigenvalue weighted by atomic mass is 16.5. The molecule has 1 N–H and O–H groups in total. The van der Waals surface area contributed by atoms with Gasteiger partial charge in [-0.25, -0.2) is 0 Å². The van der Waals surface area contributed by atoms with Crippen molar-refractivity contribution in [2.45, 2.75) is 47.1 Å². The molecule has 3 heteroatoms. The van der Waals surface area contributed by atoms with Crippen molar-refractivity contribution < 1.29 is 9.53 Å². The van der Waals surface area contributed by atoms with Crippen molar-refractivity contribution in [3.05, 3.63) is 24.3 Å². The SMILES string of the molecule is CCC(C)Oc1ccc(NC(=O)C(C)(C)C)cc1. The molecule has 0 fully saturated rings. The van der Waals surface area contributed by atoms with Crippen molar-refractivity contribution in [2.24, 2.45) is 5.41 Å². The predicted molar refractivity (Wildman–Crippen MR) is 74.9 cm³/mol. The zero-order chi connectivity index (χ0) is 13.8. The van der Waals surface area contributed by atoms with Gasteiger partial charge >= 0.3 is 0 Å². The summed E-state index contributed by atoms with van der Waals surface area (Å²) >= 11 is 0. The van der Waals surface area contributed by atoms with Gasteiger partial charge < -0.3 is 10.1 Å². The Balaban J connectivity index is 2.63. The summed E-state index contributed by atoms with van der Waals surface area (Å²) in [6.07, 6.45) is 1.18. The first-order valence-electron chi connectivity index (χ1n) is 6.41. The minimum absolute atomic E-state index is 0.0121.